The molecule has 1 aliphatic carbocycles. The Labute approximate surface area is 171 Å². The Hall–Kier alpha value is -2.28. The minimum atomic E-state index is -0.385. The van der Waals surface area contributed by atoms with Crippen LogP contribution in [0.15, 0.2) is 18.2 Å². The fourth-order valence-corrected chi connectivity index (χ4v) is 4.88. The number of piperidine rings is 1. The predicted octanol–water partition coefficient (Wildman–Crippen LogP) is 2.37. The van der Waals surface area contributed by atoms with Gasteiger partial charge in [-0.05, 0) is 49.9 Å². The molecule has 2 aliphatic heterocycles. The van der Waals surface area contributed by atoms with Gasteiger partial charge in [0.25, 0.3) is 0 Å². The molecular formula is C22H30N2O5. The first-order valence-corrected chi connectivity index (χ1v) is 10.6. The molecule has 1 saturated carbocycles. The molecule has 0 aromatic heterocycles. The van der Waals surface area contributed by atoms with Crippen LogP contribution in [0.2, 0.25) is 0 Å². The Morgan fingerprint density at radius 3 is 2.66 bits per heavy atom. The van der Waals surface area contributed by atoms with E-state index in [1.165, 1.54) is 7.11 Å². The molecule has 1 saturated heterocycles. The van der Waals surface area contributed by atoms with E-state index in [-0.39, 0.29) is 30.0 Å². The molecule has 0 radical (unpaired) electrons. The van der Waals surface area contributed by atoms with Crippen molar-refractivity contribution in [2.75, 3.05) is 33.4 Å². The quantitative estimate of drug-likeness (QED) is 0.762. The van der Waals surface area contributed by atoms with E-state index in [4.69, 9.17) is 14.2 Å². The first kappa shape index (κ1) is 20.0. The third-order valence-corrected chi connectivity index (χ3v) is 6.36. The number of nitrogens with zero attached hydrogens (tertiary/aromatic N) is 1. The molecule has 7 nitrogen and oxygen atoms in total. The van der Waals surface area contributed by atoms with Crippen LogP contribution in [0.3, 0.4) is 0 Å². The number of fused-ring (bicyclic) bond motifs is 1. The summed E-state index contributed by atoms with van der Waals surface area (Å²) in [5.41, 5.74) is 0.680. The predicted molar refractivity (Wildman–Crippen MR) is 107 cm³/mol. The second kappa shape index (κ2) is 8.61. The standard InChI is InChI=1S/C22H30N2O5/c1-27-21(26)17-6-2-5-11-24(17)15-20(25)23-22(9-3-4-10-22)16-7-8-18-19(14-16)29-13-12-28-18/h7-8,14,17H,2-6,9-13,15H2,1H3,(H,23,25). The van der Waals surface area contributed by atoms with Crippen LogP contribution in [0, 0.1) is 0 Å². The lowest BCUT2D eigenvalue weighted by Gasteiger charge is -2.36. The zero-order valence-electron chi connectivity index (χ0n) is 17.1. The maximum Gasteiger partial charge on any atom is 0.323 e. The number of carbonyl (C=O) groups excluding carboxylic acids is 2. The number of nitrogens with one attached hydrogen (secondary N) is 1. The van der Waals surface area contributed by atoms with Gasteiger partial charge in [-0.15, -0.1) is 0 Å². The van der Waals surface area contributed by atoms with Crippen molar-refractivity contribution in [3.63, 3.8) is 0 Å². The van der Waals surface area contributed by atoms with Gasteiger partial charge in [0.1, 0.15) is 19.3 Å². The van der Waals surface area contributed by atoms with Crippen molar-refractivity contribution < 1.29 is 23.8 Å². The molecule has 0 spiro atoms. The molecule has 1 N–H and O–H groups in total. The van der Waals surface area contributed by atoms with Crippen LogP contribution in [0.4, 0.5) is 0 Å². The number of carbonyl (C=O) groups is 2. The van der Waals surface area contributed by atoms with Crippen LogP contribution >= 0.6 is 0 Å². The topological polar surface area (TPSA) is 77.1 Å². The van der Waals surface area contributed by atoms with Gasteiger partial charge >= 0.3 is 5.97 Å². The molecule has 1 aromatic rings. The molecule has 1 amide bonds. The summed E-state index contributed by atoms with van der Waals surface area (Å²) in [6, 6.07) is 5.66. The Kier molecular flexibility index (Phi) is 5.94. The van der Waals surface area contributed by atoms with Crippen molar-refractivity contribution in [1.82, 2.24) is 10.2 Å². The number of methoxy groups -OCH3 is 1. The minimum absolute atomic E-state index is 0.0439. The van der Waals surface area contributed by atoms with Crippen LogP contribution < -0.4 is 14.8 Å². The van der Waals surface area contributed by atoms with Gasteiger partial charge in [-0.1, -0.05) is 25.3 Å². The first-order valence-electron chi connectivity index (χ1n) is 10.6. The zero-order chi connectivity index (χ0) is 20.3. The van der Waals surface area contributed by atoms with Crippen molar-refractivity contribution in [2.45, 2.75) is 56.5 Å². The molecule has 1 atom stereocenters. The molecule has 2 heterocycles. The maximum absolute atomic E-state index is 13.0. The fourth-order valence-electron chi connectivity index (χ4n) is 4.88. The third-order valence-electron chi connectivity index (χ3n) is 6.36. The number of hydrogen-bond acceptors (Lipinski definition) is 6. The van der Waals surface area contributed by atoms with Gasteiger partial charge in [0.15, 0.2) is 11.5 Å². The van der Waals surface area contributed by atoms with E-state index in [2.05, 4.69) is 5.32 Å². The van der Waals surface area contributed by atoms with E-state index in [1.807, 2.05) is 23.1 Å². The van der Waals surface area contributed by atoms with Gasteiger partial charge in [-0.25, -0.2) is 0 Å². The van der Waals surface area contributed by atoms with Crippen molar-refractivity contribution in [1.29, 1.82) is 0 Å². The number of ether oxygens (including phenoxy) is 3. The van der Waals surface area contributed by atoms with Crippen LogP contribution in [-0.2, 0) is 19.9 Å². The van der Waals surface area contributed by atoms with Gasteiger partial charge in [0.05, 0.1) is 19.2 Å². The van der Waals surface area contributed by atoms with Gasteiger partial charge in [-0.2, -0.15) is 0 Å². The number of esters is 1. The highest BCUT2D eigenvalue weighted by molar-refractivity contribution is 5.81. The Bertz CT molecular complexity index is 760. The average molecular weight is 402 g/mol. The number of hydrogen-bond donors (Lipinski definition) is 1. The third kappa shape index (κ3) is 4.20. The average Bonchev–Trinajstić information content (AvgIpc) is 3.22. The smallest absolute Gasteiger partial charge is 0.323 e. The van der Waals surface area contributed by atoms with E-state index >= 15 is 0 Å². The monoisotopic (exact) mass is 402 g/mol. The molecule has 1 unspecified atom stereocenters. The minimum Gasteiger partial charge on any atom is -0.486 e. The van der Waals surface area contributed by atoms with E-state index in [0.717, 1.165) is 68.6 Å². The molecule has 3 aliphatic rings. The zero-order valence-corrected chi connectivity index (χ0v) is 17.1. The Morgan fingerprint density at radius 2 is 1.90 bits per heavy atom. The fraction of sp³-hybridized carbons (Fsp3) is 0.636. The highest BCUT2D eigenvalue weighted by atomic mass is 16.6. The molecule has 0 bridgehead atoms. The normalized spacial score (nSPS) is 23.4. The summed E-state index contributed by atoms with van der Waals surface area (Å²) < 4.78 is 16.3. The lowest BCUT2D eigenvalue weighted by Crippen LogP contribution is -2.52. The van der Waals surface area contributed by atoms with Crippen LogP contribution in [0.5, 0.6) is 11.5 Å². The first-order chi connectivity index (χ1) is 14.1. The summed E-state index contributed by atoms with van der Waals surface area (Å²) in [7, 11) is 1.41. The molecule has 4 rings (SSSR count). The molecule has 7 heteroatoms. The van der Waals surface area contributed by atoms with Crippen LogP contribution in [0.25, 0.3) is 0 Å². The summed E-state index contributed by atoms with van der Waals surface area (Å²) in [6.45, 7) is 2.06. The molecule has 158 valence electrons. The summed E-state index contributed by atoms with van der Waals surface area (Å²) in [5.74, 6) is 1.21. The van der Waals surface area contributed by atoms with Crippen LogP contribution in [0.1, 0.15) is 50.5 Å². The lowest BCUT2D eigenvalue weighted by molar-refractivity contribution is -0.149. The van der Waals surface area contributed by atoms with Gasteiger partial charge < -0.3 is 19.5 Å². The highest BCUT2D eigenvalue weighted by Crippen LogP contribution is 2.42. The highest BCUT2D eigenvalue weighted by Gasteiger charge is 2.39. The van der Waals surface area contributed by atoms with E-state index in [1.54, 1.807) is 0 Å². The molecular weight excluding hydrogens is 372 g/mol. The SMILES string of the molecule is COC(=O)C1CCCCN1CC(=O)NC1(c2ccc3c(c2)OCCO3)CCCC1. The van der Waals surface area contributed by atoms with Crippen molar-refractivity contribution in [3.05, 3.63) is 23.8 Å². The summed E-state index contributed by atoms with van der Waals surface area (Å²) in [6.07, 6.45) is 6.67. The Balaban J connectivity index is 1.49. The number of rotatable bonds is 5. The van der Waals surface area contributed by atoms with E-state index < -0.39 is 0 Å². The number of benzene rings is 1. The lowest BCUT2D eigenvalue weighted by atomic mass is 9.87. The molecule has 29 heavy (non-hydrogen) atoms. The Morgan fingerprint density at radius 1 is 1.14 bits per heavy atom. The van der Waals surface area contributed by atoms with Crippen molar-refractivity contribution in [3.8, 4) is 11.5 Å². The van der Waals surface area contributed by atoms with Gasteiger partial charge in [0, 0.05) is 0 Å². The van der Waals surface area contributed by atoms with Crippen LogP contribution in [-0.4, -0.2) is 56.2 Å². The summed E-state index contributed by atoms with van der Waals surface area (Å²) in [5, 5.41) is 3.31. The molecule has 2 fully saturated rings. The van der Waals surface area contributed by atoms with E-state index in [9.17, 15) is 9.59 Å². The second-order valence-electron chi connectivity index (χ2n) is 8.20. The van der Waals surface area contributed by atoms with Crippen molar-refractivity contribution >= 4 is 11.9 Å². The summed E-state index contributed by atoms with van der Waals surface area (Å²) >= 11 is 0. The summed E-state index contributed by atoms with van der Waals surface area (Å²) in [4.78, 5) is 27.1. The molecule has 1 aromatic carbocycles. The number of likely N-dealkylation sites (tertiary alicyclic amines) is 1. The number of amides is 1. The van der Waals surface area contributed by atoms with E-state index in [0.29, 0.717) is 13.2 Å². The maximum atomic E-state index is 13.0. The van der Waals surface area contributed by atoms with Crippen molar-refractivity contribution in [2.24, 2.45) is 0 Å². The van der Waals surface area contributed by atoms with Gasteiger partial charge in [-0.3, -0.25) is 14.5 Å². The van der Waals surface area contributed by atoms with Gasteiger partial charge in [0.2, 0.25) is 5.91 Å². The largest absolute Gasteiger partial charge is 0.486 e. The second-order valence-corrected chi connectivity index (χ2v) is 8.20.